The summed E-state index contributed by atoms with van der Waals surface area (Å²) in [7, 11) is -2.68. The third-order valence-corrected chi connectivity index (χ3v) is 1.75. The summed E-state index contributed by atoms with van der Waals surface area (Å²) in [6, 6.07) is 6.11. The predicted octanol–water partition coefficient (Wildman–Crippen LogP) is -5.08. The summed E-state index contributed by atoms with van der Waals surface area (Å²) in [5.41, 5.74) is 0.822. The van der Waals surface area contributed by atoms with Crippen molar-refractivity contribution >= 4 is 16.1 Å². The van der Waals surface area contributed by atoms with Gasteiger partial charge in [0.15, 0.2) is 0 Å². The van der Waals surface area contributed by atoms with E-state index in [-0.39, 0.29) is 74.1 Å². The van der Waals surface area contributed by atoms with Crippen LogP contribution in [-0.2, 0) is 10.4 Å². The second-order valence-electron chi connectivity index (χ2n) is 2.29. The van der Waals surface area contributed by atoms with Crippen molar-refractivity contribution in [2.45, 2.75) is 0 Å². The predicted molar refractivity (Wildman–Crippen MR) is 48.2 cm³/mol. The molecule has 0 aliphatic carbocycles. The van der Waals surface area contributed by atoms with E-state index in [4.69, 9.17) is 4.55 Å². The molecule has 0 fully saturated rings. The summed E-state index contributed by atoms with van der Waals surface area (Å²) in [5.74, 6) is 0.0708. The minimum atomic E-state index is -4.42. The Morgan fingerprint density at radius 2 is 1.73 bits per heavy atom. The van der Waals surface area contributed by atoms with E-state index in [1.807, 2.05) is 0 Å². The quantitative estimate of drug-likeness (QED) is 0.430. The second kappa shape index (κ2) is 8.01. The molecule has 0 unspecified atom stereocenters. The van der Waals surface area contributed by atoms with E-state index in [1.54, 1.807) is 19.2 Å². The number of halogens is 1. The Bertz CT molecular complexity index is 380. The minimum Gasteiger partial charge on any atom is -1.00 e. The normalized spacial score (nSPS) is 9.47. The molecule has 80 valence electrons. The van der Waals surface area contributed by atoms with Gasteiger partial charge in [-0.15, -0.1) is 0 Å². The number of benzene rings is 1. The molecule has 2 N–H and O–H groups in total. The molecule has 0 saturated heterocycles. The van der Waals surface area contributed by atoms with Gasteiger partial charge in [-0.3, -0.25) is 4.55 Å². The van der Waals surface area contributed by atoms with Crippen LogP contribution in [0, 0.1) is 0 Å². The first-order chi connectivity index (χ1) is 6.01. The van der Waals surface area contributed by atoms with Gasteiger partial charge in [0.25, 0.3) is 0 Å². The number of hydrogen-bond donors (Lipinski definition) is 2. The van der Waals surface area contributed by atoms with Gasteiger partial charge >= 0.3 is 61.8 Å². The summed E-state index contributed by atoms with van der Waals surface area (Å²) < 4.78 is 33.1. The van der Waals surface area contributed by atoms with Crippen molar-refractivity contribution in [1.29, 1.82) is 0 Å². The van der Waals surface area contributed by atoms with Crippen molar-refractivity contribution in [3.8, 4) is 5.75 Å². The Labute approximate surface area is 142 Å². The maximum atomic E-state index is 10.3. The fourth-order valence-electron chi connectivity index (χ4n) is 0.799. The Hall–Kier alpha value is 0.846. The van der Waals surface area contributed by atoms with E-state index >= 15 is 0 Å². The summed E-state index contributed by atoms with van der Waals surface area (Å²) in [6.45, 7) is 0. The molecule has 1 aromatic carbocycles. The molecule has 15 heavy (non-hydrogen) atoms. The van der Waals surface area contributed by atoms with Crippen LogP contribution < -0.4 is 77.9 Å². The molecule has 0 atom stereocenters. The fraction of sp³-hybridized carbons (Fsp3) is 0.143. The molecule has 0 saturated carbocycles. The molecule has 0 aromatic heterocycles. The average Bonchev–Trinajstić information content (AvgIpc) is 2.03. The molecule has 1 aromatic rings. The average molecular weight is 322 g/mol. The molecular formula is C7H9BrKNO4S. The Balaban J connectivity index is 0. The third kappa shape index (κ3) is 7.69. The van der Waals surface area contributed by atoms with Gasteiger partial charge in [0.05, 0.1) is 0 Å². The molecule has 0 heterocycles. The number of nitrogens with one attached hydrogen (secondary N) is 1. The molecule has 0 aliphatic heterocycles. The van der Waals surface area contributed by atoms with Gasteiger partial charge in [0, 0.05) is 12.7 Å². The molecular weight excluding hydrogens is 313 g/mol. The Kier molecular flexibility index (Phi) is 9.73. The van der Waals surface area contributed by atoms with Gasteiger partial charge < -0.3 is 26.5 Å². The van der Waals surface area contributed by atoms with Crippen molar-refractivity contribution in [3.63, 3.8) is 0 Å². The van der Waals surface area contributed by atoms with Crippen LogP contribution in [0.2, 0.25) is 0 Å². The SMILES string of the molecule is CNc1ccc(OS(=O)(=O)O)cc1.[Br-].[K+]. The van der Waals surface area contributed by atoms with Gasteiger partial charge in [-0.25, -0.2) is 0 Å². The van der Waals surface area contributed by atoms with Crippen LogP contribution in [0.25, 0.3) is 0 Å². The van der Waals surface area contributed by atoms with E-state index in [1.165, 1.54) is 12.1 Å². The van der Waals surface area contributed by atoms with Crippen LogP contribution >= 0.6 is 0 Å². The molecule has 0 amide bonds. The van der Waals surface area contributed by atoms with Crippen molar-refractivity contribution < 1.29 is 85.5 Å². The van der Waals surface area contributed by atoms with Gasteiger partial charge in [-0.2, -0.15) is 8.42 Å². The van der Waals surface area contributed by atoms with Crippen LogP contribution in [0.15, 0.2) is 24.3 Å². The first kappa shape index (κ1) is 18.2. The maximum Gasteiger partial charge on any atom is 1.00 e. The summed E-state index contributed by atoms with van der Waals surface area (Å²) in [6.07, 6.45) is 0. The van der Waals surface area contributed by atoms with E-state index in [0.29, 0.717) is 0 Å². The van der Waals surface area contributed by atoms with Crippen LogP contribution in [0.4, 0.5) is 5.69 Å². The zero-order valence-corrected chi connectivity index (χ0v) is 13.8. The van der Waals surface area contributed by atoms with Crippen molar-refractivity contribution in [2.75, 3.05) is 12.4 Å². The minimum absolute atomic E-state index is 0. The number of rotatable bonds is 3. The molecule has 5 nitrogen and oxygen atoms in total. The standard InChI is InChI=1S/C7H9NO4S.BrH.K/c1-8-6-2-4-7(5-3-6)12-13(9,10)11;;/h2-5,8H,1H3,(H,9,10,11);1H;/q;;+1/p-1. The van der Waals surface area contributed by atoms with Gasteiger partial charge in [-0.05, 0) is 24.3 Å². The second-order valence-corrected chi connectivity index (χ2v) is 3.31. The summed E-state index contributed by atoms with van der Waals surface area (Å²) in [5, 5.41) is 2.85. The number of hydrogen-bond acceptors (Lipinski definition) is 4. The van der Waals surface area contributed by atoms with Crippen LogP contribution in [0.5, 0.6) is 5.75 Å². The van der Waals surface area contributed by atoms with Gasteiger partial charge in [0.1, 0.15) is 5.75 Å². The topological polar surface area (TPSA) is 75.6 Å². The molecule has 0 spiro atoms. The number of anilines is 1. The van der Waals surface area contributed by atoms with E-state index in [2.05, 4.69) is 9.50 Å². The fourth-order valence-corrected chi connectivity index (χ4v) is 1.15. The van der Waals surface area contributed by atoms with Crippen LogP contribution in [-0.4, -0.2) is 20.0 Å². The van der Waals surface area contributed by atoms with Crippen molar-refractivity contribution in [1.82, 2.24) is 0 Å². The summed E-state index contributed by atoms with van der Waals surface area (Å²) >= 11 is 0. The molecule has 8 heteroatoms. The van der Waals surface area contributed by atoms with Crippen molar-refractivity contribution in [3.05, 3.63) is 24.3 Å². The largest absolute Gasteiger partial charge is 1.00 e. The third-order valence-electron chi connectivity index (χ3n) is 1.34. The van der Waals surface area contributed by atoms with Gasteiger partial charge in [-0.1, -0.05) is 0 Å². The molecule has 0 radical (unpaired) electrons. The summed E-state index contributed by atoms with van der Waals surface area (Å²) in [4.78, 5) is 0. The van der Waals surface area contributed by atoms with E-state index in [9.17, 15) is 8.42 Å². The zero-order valence-electron chi connectivity index (χ0n) is 8.27. The first-order valence-corrected chi connectivity index (χ1v) is 4.82. The van der Waals surface area contributed by atoms with E-state index in [0.717, 1.165) is 5.69 Å². The Morgan fingerprint density at radius 3 is 2.07 bits per heavy atom. The maximum absolute atomic E-state index is 10.3. The van der Waals surface area contributed by atoms with E-state index < -0.39 is 10.4 Å². The molecule has 0 bridgehead atoms. The zero-order chi connectivity index (χ0) is 9.90. The molecule has 1 rings (SSSR count). The smallest absolute Gasteiger partial charge is 1.00 e. The first-order valence-electron chi connectivity index (χ1n) is 3.46. The molecule has 0 aliphatic rings. The van der Waals surface area contributed by atoms with Crippen LogP contribution in [0.3, 0.4) is 0 Å². The van der Waals surface area contributed by atoms with Crippen molar-refractivity contribution in [2.24, 2.45) is 0 Å². The monoisotopic (exact) mass is 321 g/mol. The Morgan fingerprint density at radius 1 is 1.27 bits per heavy atom. The van der Waals surface area contributed by atoms with Gasteiger partial charge in [0.2, 0.25) is 0 Å². The van der Waals surface area contributed by atoms with Crippen LogP contribution in [0.1, 0.15) is 0 Å².